The average Bonchev–Trinajstić information content (AvgIpc) is 2.96. The molecule has 2 rings (SSSR count). The van der Waals surface area contributed by atoms with Gasteiger partial charge in [-0.05, 0) is 22.1 Å². The highest BCUT2D eigenvalue weighted by molar-refractivity contribution is 5.75. The molecule has 0 spiro atoms. The van der Waals surface area contributed by atoms with Crippen LogP contribution in [0.2, 0.25) is 0 Å². The normalized spacial score (nSPS) is 9.65. The van der Waals surface area contributed by atoms with E-state index in [2.05, 4.69) is 32.7 Å². The molecular formula is C13H13N5O2. The van der Waals surface area contributed by atoms with Crippen molar-refractivity contribution in [3.8, 4) is 11.8 Å². The van der Waals surface area contributed by atoms with Gasteiger partial charge in [0.2, 0.25) is 5.91 Å². The Morgan fingerprint density at radius 1 is 1.40 bits per heavy atom. The summed E-state index contributed by atoms with van der Waals surface area (Å²) >= 11 is 0. The Morgan fingerprint density at radius 2 is 2.25 bits per heavy atom. The number of nitrogens with zero attached hydrogens (tertiary/aromatic N) is 4. The number of aromatic nitrogens is 4. The Bertz CT molecular complexity index is 628. The minimum absolute atomic E-state index is 0.0669. The fraction of sp³-hybridized carbons (Fsp3) is 0.231. The maximum absolute atomic E-state index is 11.7. The first kappa shape index (κ1) is 13.7. The lowest BCUT2D eigenvalue weighted by atomic mass is 10.1. The van der Waals surface area contributed by atoms with Crippen molar-refractivity contribution in [3.63, 3.8) is 0 Å². The number of tetrazole rings is 1. The van der Waals surface area contributed by atoms with Crippen LogP contribution < -0.4 is 5.32 Å². The van der Waals surface area contributed by atoms with Crippen molar-refractivity contribution >= 4 is 5.91 Å². The van der Waals surface area contributed by atoms with E-state index in [1.54, 1.807) is 0 Å². The fourth-order valence-corrected chi connectivity index (χ4v) is 1.58. The molecular weight excluding hydrogens is 258 g/mol. The number of amides is 1. The molecule has 0 atom stereocenters. The van der Waals surface area contributed by atoms with Crippen molar-refractivity contribution in [1.29, 1.82) is 0 Å². The van der Waals surface area contributed by atoms with Gasteiger partial charge in [0, 0.05) is 12.1 Å². The van der Waals surface area contributed by atoms with Crippen LogP contribution in [0.1, 0.15) is 11.1 Å². The van der Waals surface area contributed by atoms with E-state index >= 15 is 0 Å². The number of carbonyl (C=O) groups excluding carboxylic acids is 1. The number of benzene rings is 1. The molecule has 0 unspecified atom stereocenters. The molecule has 0 radical (unpaired) electrons. The minimum atomic E-state index is -0.194. The Morgan fingerprint density at radius 3 is 3.00 bits per heavy atom. The molecule has 20 heavy (non-hydrogen) atoms. The predicted molar refractivity (Wildman–Crippen MR) is 70.1 cm³/mol. The quantitative estimate of drug-likeness (QED) is 0.720. The molecule has 0 saturated carbocycles. The third kappa shape index (κ3) is 3.90. The van der Waals surface area contributed by atoms with Crippen LogP contribution >= 0.6 is 0 Å². The second-order valence-corrected chi connectivity index (χ2v) is 3.90. The van der Waals surface area contributed by atoms with E-state index in [0.717, 1.165) is 11.1 Å². The van der Waals surface area contributed by atoms with Crippen LogP contribution in [0.4, 0.5) is 0 Å². The number of rotatable bonds is 4. The van der Waals surface area contributed by atoms with Gasteiger partial charge in [-0.15, -0.1) is 5.10 Å². The molecule has 0 saturated heterocycles. The van der Waals surface area contributed by atoms with Crippen LogP contribution in [0.25, 0.3) is 0 Å². The van der Waals surface area contributed by atoms with E-state index in [0.29, 0.717) is 6.54 Å². The first-order valence-electron chi connectivity index (χ1n) is 5.94. The van der Waals surface area contributed by atoms with E-state index < -0.39 is 0 Å². The fourth-order valence-electron chi connectivity index (χ4n) is 1.58. The van der Waals surface area contributed by atoms with Gasteiger partial charge in [-0.2, -0.15) is 0 Å². The average molecular weight is 271 g/mol. The van der Waals surface area contributed by atoms with E-state index in [1.807, 2.05) is 24.3 Å². The molecule has 0 fully saturated rings. The van der Waals surface area contributed by atoms with Crippen molar-refractivity contribution in [2.24, 2.45) is 0 Å². The highest BCUT2D eigenvalue weighted by atomic mass is 16.2. The lowest BCUT2D eigenvalue weighted by molar-refractivity contribution is -0.122. The maximum atomic E-state index is 11.7. The zero-order chi connectivity index (χ0) is 14.2. The van der Waals surface area contributed by atoms with Crippen LogP contribution in [-0.2, 0) is 17.9 Å². The van der Waals surface area contributed by atoms with E-state index in [1.165, 1.54) is 11.0 Å². The van der Waals surface area contributed by atoms with Crippen LogP contribution in [0.15, 0.2) is 30.6 Å². The minimum Gasteiger partial charge on any atom is -0.384 e. The van der Waals surface area contributed by atoms with Crippen LogP contribution in [-0.4, -0.2) is 37.8 Å². The number of carbonyl (C=O) groups is 1. The SMILES string of the molecule is O=C(Cn1cnnn1)NCc1ccccc1C#CCO. The monoisotopic (exact) mass is 271 g/mol. The van der Waals surface area contributed by atoms with Gasteiger partial charge < -0.3 is 10.4 Å². The number of hydrogen-bond donors (Lipinski definition) is 2. The smallest absolute Gasteiger partial charge is 0.242 e. The Labute approximate surface area is 115 Å². The lowest BCUT2D eigenvalue weighted by Gasteiger charge is -2.07. The molecule has 1 heterocycles. The summed E-state index contributed by atoms with van der Waals surface area (Å²) in [5.74, 6) is 5.24. The molecule has 2 N–H and O–H groups in total. The summed E-state index contributed by atoms with van der Waals surface area (Å²) in [5, 5.41) is 22.0. The molecule has 1 amide bonds. The second-order valence-electron chi connectivity index (χ2n) is 3.90. The predicted octanol–water partition coefficient (Wildman–Crippen LogP) is -0.667. The summed E-state index contributed by atoms with van der Waals surface area (Å²) in [6.45, 7) is 0.231. The molecule has 7 nitrogen and oxygen atoms in total. The summed E-state index contributed by atoms with van der Waals surface area (Å²) in [6, 6.07) is 7.44. The zero-order valence-corrected chi connectivity index (χ0v) is 10.7. The Kier molecular flexibility index (Phi) is 4.81. The number of hydrogen-bond acceptors (Lipinski definition) is 5. The second kappa shape index (κ2) is 7.01. The van der Waals surface area contributed by atoms with Crippen molar-refractivity contribution in [2.75, 3.05) is 6.61 Å². The van der Waals surface area contributed by atoms with E-state index in [4.69, 9.17) is 5.11 Å². The molecule has 1 aromatic heterocycles. The Hall–Kier alpha value is -2.72. The van der Waals surface area contributed by atoms with Crippen LogP contribution in [0.5, 0.6) is 0 Å². The standard InChI is InChI=1S/C13H13N5O2/c19-7-3-6-11-4-1-2-5-12(11)8-14-13(20)9-18-10-15-16-17-18/h1-2,4-5,10,19H,7-9H2,(H,14,20). The maximum Gasteiger partial charge on any atom is 0.242 e. The van der Waals surface area contributed by atoms with Gasteiger partial charge in [-0.25, -0.2) is 4.68 Å². The van der Waals surface area contributed by atoms with Gasteiger partial charge in [0.25, 0.3) is 0 Å². The van der Waals surface area contributed by atoms with Gasteiger partial charge in [0.15, 0.2) is 0 Å². The van der Waals surface area contributed by atoms with Crippen molar-refractivity contribution < 1.29 is 9.90 Å². The third-order valence-corrected chi connectivity index (χ3v) is 2.49. The molecule has 7 heteroatoms. The van der Waals surface area contributed by atoms with Crippen LogP contribution in [0.3, 0.4) is 0 Å². The highest BCUT2D eigenvalue weighted by Crippen LogP contribution is 2.06. The van der Waals surface area contributed by atoms with E-state index in [9.17, 15) is 4.79 Å². The topological polar surface area (TPSA) is 92.9 Å². The molecule has 0 aliphatic carbocycles. The third-order valence-electron chi connectivity index (χ3n) is 2.49. The molecule has 0 aliphatic rings. The van der Waals surface area contributed by atoms with E-state index in [-0.39, 0.29) is 19.1 Å². The molecule has 1 aromatic carbocycles. The summed E-state index contributed by atoms with van der Waals surface area (Å²) < 4.78 is 1.34. The van der Waals surface area contributed by atoms with Gasteiger partial charge in [0.1, 0.15) is 19.5 Å². The summed E-state index contributed by atoms with van der Waals surface area (Å²) in [7, 11) is 0. The molecule has 0 aliphatic heterocycles. The summed E-state index contributed by atoms with van der Waals surface area (Å²) in [4.78, 5) is 11.7. The molecule has 0 bridgehead atoms. The largest absolute Gasteiger partial charge is 0.384 e. The lowest BCUT2D eigenvalue weighted by Crippen LogP contribution is -2.27. The molecule has 2 aromatic rings. The molecule has 102 valence electrons. The zero-order valence-electron chi connectivity index (χ0n) is 10.7. The van der Waals surface area contributed by atoms with Crippen LogP contribution in [0, 0.1) is 11.8 Å². The van der Waals surface area contributed by atoms with Gasteiger partial charge >= 0.3 is 0 Å². The van der Waals surface area contributed by atoms with Crippen molar-refractivity contribution in [1.82, 2.24) is 25.5 Å². The summed E-state index contributed by atoms with van der Waals surface area (Å²) in [6.07, 6.45) is 1.38. The first-order chi connectivity index (χ1) is 9.79. The number of nitrogens with one attached hydrogen (secondary N) is 1. The Balaban J connectivity index is 1.95. The van der Waals surface area contributed by atoms with Crippen molar-refractivity contribution in [2.45, 2.75) is 13.1 Å². The van der Waals surface area contributed by atoms with Gasteiger partial charge in [0.05, 0.1) is 0 Å². The van der Waals surface area contributed by atoms with Crippen molar-refractivity contribution in [3.05, 3.63) is 41.7 Å². The van der Waals surface area contributed by atoms with Gasteiger partial charge in [-0.3, -0.25) is 4.79 Å². The summed E-state index contributed by atoms with van der Waals surface area (Å²) in [5.41, 5.74) is 1.67. The highest BCUT2D eigenvalue weighted by Gasteiger charge is 2.05. The van der Waals surface area contributed by atoms with Gasteiger partial charge in [-0.1, -0.05) is 30.0 Å². The first-order valence-corrected chi connectivity index (χ1v) is 5.94. The number of aliphatic hydroxyl groups excluding tert-OH is 1. The number of aliphatic hydroxyl groups is 1.